The summed E-state index contributed by atoms with van der Waals surface area (Å²) in [7, 11) is 1.67. The van der Waals surface area contributed by atoms with Crippen LogP contribution in [0.1, 0.15) is 22.4 Å². The van der Waals surface area contributed by atoms with E-state index in [0.29, 0.717) is 25.7 Å². The van der Waals surface area contributed by atoms with Crippen molar-refractivity contribution < 1.29 is 4.74 Å². The van der Waals surface area contributed by atoms with Crippen molar-refractivity contribution in [1.82, 2.24) is 14.5 Å². The number of methoxy groups -OCH3 is 1. The van der Waals surface area contributed by atoms with E-state index in [1.807, 2.05) is 60.0 Å². The molecular formula is C29H30N4O2. The Morgan fingerprint density at radius 2 is 1.51 bits per heavy atom. The third-order valence-corrected chi connectivity index (χ3v) is 6.53. The lowest BCUT2D eigenvalue weighted by atomic mass is 10.1. The van der Waals surface area contributed by atoms with Crippen LogP contribution in [0.4, 0.5) is 11.6 Å². The van der Waals surface area contributed by atoms with Gasteiger partial charge >= 0.3 is 0 Å². The molecule has 6 nitrogen and oxygen atoms in total. The number of para-hydroxylation sites is 2. The van der Waals surface area contributed by atoms with Gasteiger partial charge < -0.3 is 4.74 Å². The lowest BCUT2D eigenvalue weighted by Gasteiger charge is -2.39. The van der Waals surface area contributed by atoms with Crippen LogP contribution in [0, 0.1) is 6.92 Å². The average molecular weight is 467 g/mol. The predicted molar refractivity (Wildman–Crippen MR) is 139 cm³/mol. The number of hydrogen-bond donors (Lipinski definition) is 0. The summed E-state index contributed by atoms with van der Waals surface area (Å²) in [5.41, 5.74) is 4.80. The number of ether oxygens (including phenoxy) is 1. The molecule has 0 N–H and O–H groups in total. The van der Waals surface area contributed by atoms with Gasteiger partial charge in [0.25, 0.3) is 5.56 Å². The first kappa shape index (κ1) is 22.9. The molecule has 0 aliphatic carbocycles. The van der Waals surface area contributed by atoms with Crippen molar-refractivity contribution >= 4 is 11.6 Å². The van der Waals surface area contributed by atoms with E-state index in [1.54, 1.807) is 7.11 Å². The zero-order valence-corrected chi connectivity index (χ0v) is 20.2. The van der Waals surface area contributed by atoms with Crippen molar-refractivity contribution in [2.24, 2.45) is 0 Å². The summed E-state index contributed by atoms with van der Waals surface area (Å²) in [6, 6.07) is 28.4. The first-order valence-electron chi connectivity index (χ1n) is 11.9. The van der Waals surface area contributed by atoms with Crippen molar-refractivity contribution in [3.8, 4) is 5.75 Å². The van der Waals surface area contributed by atoms with E-state index in [4.69, 9.17) is 9.72 Å². The van der Waals surface area contributed by atoms with Crippen molar-refractivity contribution in [2.45, 2.75) is 26.4 Å². The molecule has 0 saturated heterocycles. The monoisotopic (exact) mass is 466 g/mol. The molecule has 5 rings (SSSR count). The maximum atomic E-state index is 13.8. The molecule has 3 aromatic carbocycles. The molecule has 1 aliphatic heterocycles. The highest BCUT2D eigenvalue weighted by atomic mass is 16.5. The van der Waals surface area contributed by atoms with Gasteiger partial charge in [-0.05, 0) is 36.6 Å². The second kappa shape index (κ2) is 10.2. The standard InChI is InChI=1S/C29H30N4O2/c1-22-25(19-24-13-7-4-8-14-24)28(34)33-21-31(18-17-23-11-5-3-6-12-23)20-32(29(33)30-22)26-15-9-10-16-27(26)35-2/h3-16H,17-21H2,1-2H3. The second-order valence-corrected chi connectivity index (χ2v) is 8.88. The topological polar surface area (TPSA) is 50.6 Å². The van der Waals surface area contributed by atoms with Gasteiger partial charge in [-0.1, -0.05) is 72.8 Å². The molecule has 0 amide bonds. The first-order valence-corrected chi connectivity index (χ1v) is 11.9. The fraction of sp³-hybridized carbons (Fsp3) is 0.241. The SMILES string of the molecule is COc1ccccc1N1CN(CCc2ccccc2)Cn2c1nc(C)c(Cc1ccccc1)c2=O. The first-order chi connectivity index (χ1) is 17.1. The lowest BCUT2D eigenvalue weighted by molar-refractivity contribution is 0.200. The zero-order chi connectivity index (χ0) is 24.2. The molecule has 6 heteroatoms. The molecule has 4 aromatic rings. The van der Waals surface area contributed by atoms with Gasteiger partial charge in [0.2, 0.25) is 5.95 Å². The Labute approximate surface area is 206 Å². The Morgan fingerprint density at radius 3 is 2.23 bits per heavy atom. The van der Waals surface area contributed by atoms with Gasteiger partial charge in [-0.2, -0.15) is 0 Å². The summed E-state index contributed by atoms with van der Waals surface area (Å²) < 4.78 is 7.48. The van der Waals surface area contributed by atoms with Crippen LogP contribution in [0.5, 0.6) is 5.75 Å². The van der Waals surface area contributed by atoms with Crippen LogP contribution in [-0.4, -0.2) is 34.8 Å². The third-order valence-electron chi connectivity index (χ3n) is 6.53. The number of benzene rings is 3. The summed E-state index contributed by atoms with van der Waals surface area (Å²) in [6.07, 6.45) is 1.47. The molecule has 0 radical (unpaired) electrons. The summed E-state index contributed by atoms with van der Waals surface area (Å²) in [4.78, 5) is 23.2. The minimum absolute atomic E-state index is 0.0145. The normalized spacial score (nSPS) is 13.5. The number of aromatic nitrogens is 2. The van der Waals surface area contributed by atoms with Crippen LogP contribution in [0.25, 0.3) is 0 Å². The zero-order valence-electron chi connectivity index (χ0n) is 20.2. The third kappa shape index (κ3) is 4.84. The van der Waals surface area contributed by atoms with Crippen LogP contribution < -0.4 is 15.2 Å². The number of aryl methyl sites for hydroxylation is 1. The van der Waals surface area contributed by atoms with Crippen LogP contribution >= 0.6 is 0 Å². The molecule has 0 saturated carbocycles. The van der Waals surface area contributed by atoms with E-state index in [-0.39, 0.29) is 5.56 Å². The van der Waals surface area contributed by atoms with E-state index >= 15 is 0 Å². The smallest absolute Gasteiger partial charge is 0.259 e. The molecule has 178 valence electrons. The van der Waals surface area contributed by atoms with E-state index in [0.717, 1.165) is 41.2 Å². The summed E-state index contributed by atoms with van der Waals surface area (Å²) in [5.74, 6) is 1.41. The number of nitrogens with zero attached hydrogens (tertiary/aromatic N) is 4. The summed E-state index contributed by atoms with van der Waals surface area (Å²) >= 11 is 0. The summed E-state index contributed by atoms with van der Waals surface area (Å²) in [5, 5.41) is 0. The molecule has 0 spiro atoms. The van der Waals surface area contributed by atoms with E-state index in [1.165, 1.54) is 5.56 Å². The number of rotatable bonds is 7. The second-order valence-electron chi connectivity index (χ2n) is 8.88. The Kier molecular flexibility index (Phi) is 6.64. The summed E-state index contributed by atoms with van der Waals surface area (Å²) in [6.45, 7) is 3.88. The van der Waals surface area contributed by atoms with Gasteiger partial charge in [-0.15, -0.1) is 0 Å². The fourth-order valence-electron chi connectivity index (χ4n) is 4.64. The Morgan fingerprint density at radius 1 is 0.857 bits per heavy atom. The quantitative estimate of drug-likeness (QED) is 0.393. The average Bonchev–Trinajstić information content (AvgIpc) is 2.91. The van der Waals surface area contributed by atoms with Gasteiger partial charge in [-0.3, -0.25) is 19.2 Å². The minimum atomic E-state index is 0.0145. The van der Waals surface area contributed by atoms with Crippen LogP contribution in [0.3, 0.4) is 0 Å². The van der Waals surface area contributed by atoms with Crippen LogP contribution in [0.2, 0.25) is 0 Å². The Bertz CT molecular complexity index is 1350. The maximum absolute atomic E-state index is 13.8. The molecule has 0 unspecified atom stereocenters. The lowest BCUT2D eigenvalue weighted by Crippen LogP contribution is -2.48. The van der Waals surface area contributed by atoms with Gasteiger partial charge in [0.05, 0.1) is 31.8 Å². The number of hydrogen-bond acceptors (Lipinski definition) is 5. The van der Waals surface area contributed by atoms with Crippen molar-refractivity contribution in [3.05, 3.63) is 118 Å². The maximum Gasteiger partial charge on any atom is 0.259 e. The highest BCUT2D eigenvalue weighted by Crippen LogP contribution is 2.34. The molecule has 1 aliphatic rings. The van der Waals surface area contributed by atoms with Gasteiger partial charge in [0.1, 0.15) is 5.75 Å². The van der Waals surface area contributed by atoms with E-state index in [9.17, 15) is 4.79 Å². The molecule has 1 aromatic heterocycles. The van der Waals surface area contributed by atoms with E-state index < -0.39 is 0 Å². The largest absolute Gasteiger partial charge is 0.495 e. The van der Waals surface area contributed by atoms with Crippen molar-refractivity contribution in [1.29, 1.82) is 0 Å². The highest BCUT2D eigenvalue weighted by molar-refractivity contribution is 5.66. The van der Waals surface area contributed by atoms with Gasteiger partial charge in [0, 0.05) is 18.5 Å². The minimum Gasteiger partial charge on any atom is -0.495 e. The molecule has 0 atom stereocenters. The molecule has 35 heavy (non-hydrogen) atoms. The van der Waals surface area contributed by atoms with Crippen molar-refractivity contribution in [3.63, 3.8) is 0 Å². The molecule has 0 bridgehead atoms. The molecule has 2 heterocycles. The van der Waals surface area contributed by atoms with Crippen LogP contribution in [-0.2, 0) is 19.5 Å². The van der Waals surface area contributed by atoms with Crippen molar-refractivity contribution in [2.75, 3.05) is 25.2 Å². The Balaban J connectivity index is 1.55. The Hall–Kier alpha value is -3.90. The fourth-order valence-corrected chi connectivity index (χ4v) is 4.64. The van der Waals surface area contributed by atoms with Gasteiger partial charge in [0.15, 0.2) is 0 Å². The van der Waals surface area contributed by atoms with Gasteiger partial charge in [-0.25, -0.2) is 4.98 Å². The predicted octanol–water partition coefficient (Wildman–Crippen LogP) is 4.76. The van der Waals surface area contributed by atoms with Crippen LogP contribution in [0.15, 0.2) is 89.7 Å². The molecule has 0 fully saturated rings. The molecular weight excluding hydrogens is 436 g/mol. The highest BCUT2D eigenvalue weighted by Gasteiger charge is 2.29. The number of anilines is 2. The van der Waals surface area contributed by atoms with E-state index in [2.05, 4.69) is 46.2 Å². The number of fused-ring (bicyclic) bond motifs is 1.